The topological polar surface area (TPSA) is 129 Å². The lowest BCUT2D eigenvalue weighted by Gasteiger charge is -2.16. The SMILES string of the molecule is CS(=O)(=O)OC[C@@H](COc1nc(Cl)cc(Br)c1O)OS(C)(=O)=O. The Bertz CT molecular complexity index is 767. The number of rotatable bonds is 8. The molecule has 23 heavy (non-hydrogen) atoms. The smallest absolute Gasteiger partial charge is 0.264 e. The molecule has 9 nitrogen and oxygen atoms in total. The Hall–Kier alpha value is -0.660. The second kappa shape index (κ2) is 7.94. The van der Waals surface area contributed by atoms with E-state index in [1.54, 1.807) is 0 Å². The average Bonchev–Trinajstić information content (AvgIpc) is 2.35. The molecule has 0 aliphatic heterocycles. The summed E-state index contributed by atoms with van der Waals surface area (Å²) in [5.41, 5.74) is 0. The molecule has 1 rings (SSSR count). The zero-order chi connectivity index (χ0) is 17.8. The van der Waals surface area contributed by atoms with Crippen LogP contribution in [0.4, 0.5) is 0 Å². The largest absolute Gasteiger partial charge is 0.502 e. The molecule has 0 saturated heterocycles. The van der Waals surface area contributed by atoms with E-state index in [-0.39, 0.29) is 21.3 Å². The van der Waals surface area contributed by atoms with Crippen molar-refractivity contribution in [2.45, 2.75) is 6.10 Å². The van der Waals surface area contributed by atoms with Gasteiger partial charge in [0.15, 0.2) is 5.75 Å². The van der Waals surface area contributed by atoms with E-state index in [9.17, 15) is 21.9 Å². The van der Waals surface area contributed by atoms with Crippen LogP contribution in [0.3, 0.4) is 0 Å². The van der Waals surface area contributed by atoms with Crippen molar-refractivity contribution < 1.29 is 35.0 Å². The van der Waals surface area contributed by atoms with Gasteiger partial charge in [-0.3, -0.25) is 8.37 Å². The lowest BCUT2D eigenvalue weighted by Crippen LogP contribution is -2.30. The predicted octanol–water partition coefficient (Wildman–Crippen LogP) is 0.903. The van der Waals surface area contributed by atoms with Crippen LogP contribution in [-0.2, 0) is 28.6 Å². The molecule has 0 aliphatic carbocycles. The number of hydrogen-bond donors (Lipinski definition) is 1. The molecular weight excluding hydrogens is 442 g/mol. The number of aromatic nitrogens is 1. The molecule has 13 heteroatoms. The van der Waals surface area contributed by atoms with Crippen molar-refractivity contribution in [3.8, 4) is 11.6 Å². The minimum atomic E-state index is -3.89. The normalized spacial score (nSPS) is 13.7. The van der Waals surface area contributed by atoms with Crippen LogP contribution in [0.25, 0.3) is 0 Å². The van der Waals surface area contributed by atoms with Gasteiger partial charge in [0.05, 0.1) is 23.6 Å². The maximum absolute atomic E-state index is 11.2. The van der Waals surface area contributed by atoms with Crippen LogP contribution in [0.2, 0.25) is 5.15 Å². The van der Waals surface area contributed by atoms with Crippen molar-refractivity contribution in [3.05, 3.63) is 15.7 Å². The third-order valence-electron chi connectivity index (χ3n) is 2.07. The highest BCUT2D eigenvalue weighted by molar-refractivity contribution is 9.10. The van der Waals surface area contributed by atoms with Crippen LogP contribution in [0.5, 0.6) is 11.6 Å². The van der Waals surface area contributed by atoms with Crippen molar-refractivity contribution in [3.63, 3.8) is 0 Å². The van der Waals surface area contributed by atoms with E-state index in [1.165, 1.54) is 6.07 Å². The van der Waals surface area contributed by atoms with Crippen molar-refractivity contribution in [1.82, 2.24) is 4.98 Å². The van der Waals surface area contributed by atoms with Gasteiger partial charge in [0.2, 0.25) is 0 Å². The lowest BCUT2D eigenvalue weighted by molar-refractivity contribution is 0.0864. The summed E-state index contributed by atoms with van der Waals surface area (Å²) in [6, 6.07) is 1.32. The molecule has 1 N–H and O–H groups in total. The zero-order valence-corrected chi connectivity index (χ0v) is 15.9. The summed E-state index contributed by atoms with van der Waals surface area (Å²) in [5, 5.41) is 9.76. The average molecular weight is 455 g/mol. The number of aromatic hydroxyl groups is 1. The van der Waals surface area contributed by atoms with Crippen molar-refractivity contribution >= 4 is 47.8 Å². The van der Waals surface area contributed by atoms with Crippen LogP contribution < -0.4 is 4.74 Å². The standard InChI is InChI=1S/C10H13BrClNO8S2/c1-22(15,16)20-5-6(21-23(2,17)18)4-19-10-9(14)7(11)3-8(12)13-10/h3,6,14H,4-5H2,1-2H3/t6-/m1/s1. The minimum Gasteiger partial charge on any atom is -0.502 e. The summed E-state index contributed by atoms with van der Waals surface area (Å²) in [5.74, 6) is -0.651. The third kappa shape index (κ3) is 8.13. The van der Waals surface area contributed by atoms with Gasteiger partial charge in [-0.05, 0) is 22.0 Å². The van der Waals surface area contributed by atoms with Gasteiger partial charge in [0.1, 0.15) is 17.9 Å². The van der Waals surface area contributed by atoms with Crippen molar-refractivity contribution in [1.29, 1.82) is 0 Å². The summed E-state index contributed by atoms with van der Waals surface area (Å²) >= 11 is 8.73. The van der Waals surface area contributed by atoms with Gasteiger partial charge in [-0.1, -0.05) is 11.6 Å². The van der Waals surface area contributed by atoms with Crippen LogP contribution in [0.1, 0.15) is 0 Å². The Labute approximate surface area is 146 Å². The molecule has 0 saturated carbocycles. The molecule has 0 aliphatic rings. The molecule has 0 amide bonds. The highest BCUT2D eigenvalue weighted by Crippen LogP contribution is 2.34. The number of nitrogens with zero attached hydrogens (tertiary/aromatic N) is 1. The lowest BCUT2D eigenvalue weighted by atomic mass is 10.4. The van der Waals surface area contributed by atoms with E-state index in [2.05, 4.69) is 29.3 Å². The Kier molecular flexibility index (Phi) is 7.04. The van der Waals surface area contributed by atoms with Crippen LogP contribution in [-0.4, -0.2) is 58.8 Å². The summed E-state index contributed by atoms with van der Waals surface area (Å²) in [6.07, 6.45) is 0.303. The summed E-state index contributed by atoms with van der Waals surface area (Å²) in [6.45, 7) is -1.07. The monoisotopic (exact) mass is 453 g/mol. The number of halogens is 2. The van der Waals surface area contributed by atoms with E-state index in [0.717, 1.165) is 12.5 Å². The Morgan fingerprint density at radius 3 is 2.39 bits per heavy atom. The fraction of sp³-hybridized carbons (Fsp3) is 0.500. The van der Waals surface area contributed by atoms with Gasteiger partial charge in [0.25, 0.3) is 26.1 Å². The molecule has 1 heterocycles. The molecule has 0 spiro atoms. The molecule has 0 aromatic carbocycles. The summed E-state index contributed by atoms with van der Waals surface area (Å²) in [7, 11) is -7.70. The Balaban J connectivity index is 2.85. The van der Waals surface area contributed by atoms with E-state index in [1.807, 2.05) is 0 Å². The van der Waals surface area contributed by atoms with Crippen LogP contribution in [0, 0.1) is 0 Å². The van der Waals surface area contributed by atoms with Gasteiger partial charge in [-0.25, -0.2) is 0 Å². The summed E-state index contributed by atoms with van der Waals surface area (Å²) < 4.78 is 58.8. The maximum Gasteiger partial charge on any atom is 0.264 e. The number of hydrogen-bond acceptors (Lipinski definition) is 9. The Morgan fingerprint density at radius 2 is 1.87 bits per heavy atom. The molecule has 0 unspecified atom stereocenters. The molecule has 1 atom stereocenters. The first-order chi connectivity index (χ1) is 10.4. The van der Waals surface area contributed by atoms with Crippen molar-refractivity contribution in [2.24, 2.45) is 0 Å². The van der Waals surface area contributed by atoms with E-state index < -0.39 is 39.6 Å². The molecule has 132 valence electrons. The van der Waals surface area contributed by atoms with E-state index >= 15 is 0 Å². The summed E-state index contributed by atoms with van der Waals surface area (Å²) in [4.78, 5) is 3.71. The van der Waals surface area contributed by atoms with Gasteiger partial charge < -0.3 is 9.84 Å². The molecule has 0 bridgehead atoms. The maximum atomic E-state index is 11.2. The highest BCUT2D eigenvalue weighted by atomic mass is 79.9. The van der Waals surface area contributed by atoms with Gasteiger partial charge >= 0.3 is 0 Å². The third-order valence-corrected chi connectivity index (χ3v) is 4.05. The molecule has 0 radical (unpaired) electrons. The zero-order valence-electron chi connectivity index (χ0n) is 11.9. The van der Waals surface area contributed by atoms with Crippen LogP contribution >= 0.6 is 27.5 Å². The quantitative estimate of drug-likeness (QED) is 0.450. The van der Waals surface area contributed by atoms with E-state index in [0.29, 0.717) is 0 Å². The molecule has 1 aromatic heterocycles. The fourth-order valence-corrected chi connectivity index (χ4v) is 2.99. The first-order valence-electron chi connectivity index (χ1n) is 5.78. The van der Waals surface area contributed by atoms with Gasteiger partial charge in [-0.15, -0.1) is 0 Å². The van der Waals surface area contributed by atoms with Crippen molar-refractivity contribution in [2.75, 3.05) is 25.7 Å². The van der Waals surface area contributed by atoms with E-state index in [4.69, 9.17) is 16.3 Å². The number of pyridine rings is 1. The minimum absolute atomic E-state index is 0.0117. The number of ether oxygens (including phenoxy) is 1. The molecular formula is C10H13BrClNO8S2. The first-order valence-corrected chi connectivity index (χ1v) is 10.6. The second-order valence-corrected chi connectivity index (χ2v) is 8.79. The predicted molar refractivity (Wildman–Crippen MR) is 84.6 cm³/mol. The van der Waals surface area contributed by atoms with Crippen LogP contribution in [0.15, 0.2) is 10.5 Å². The molecule has 1 aromatic rings. The second-order valence-electron chi connectivity index (χ2n) is 4.30. The van der Waals surface area contributed by atoms with Gasteiger partial charge in [-0.2, -0.15) is 21.8 Å². The first kappa shape index (κ1) is 20.4. The molecule has 0 fully saturated rings. The Morgan fingerprint density at radius 1 is 1.26 bits per heavy atom. The highest BCUT2D eigenvalue weighted by Gasteiger charge is 2.21. The fourth-order valence-electron chi connectivity index (χ4n) is 1.28. The van der Waals surface area contributed by atoms with Gasteiger partial charge in [0, 0.05) is 0 Å².